The fourth-order valence-electron chi connectivity index (χ4n) is 3.30. The highest BCUT2D eigenvalue weighted by Crippen LogP contribution is 2.20. The number of likely N-dealkylation sites (tertiary alicyclic amines) is 1. The highest BCUT2D eigenvalue weighted by Gasteiger charge is 2.23. The zero-order valence-corrected chi connectivity index (χ0v) is 18.7. The van der Waals surface area contributed by atoms with Gasteiger partial charge in [0.2, 0.25) is 5.91 Å². The van der Waals surface area contributed by atoms with Crippen molar-refractivity contribution >= 4 is 27.7 Å². The summed E-state index contributed by atoms with van der Waals surface area (Å²) in [6.45, 7) is 4.99. The van der Waals surface area contributed by atoms with Crippen LogP contribution in [0.4, 0.5) is 0 Å². The molecule has 1 aliphatic rings. The molecule has 1 aliphatic heterocycles. The third-order valence-electron chi connectivity index (χ3n) is 4.92. The quantitative estimate of drug-likeness (QED) is 0.578. The number of hydrogen-bond donors (Lipinski definition) is 2. The summed E-state index contributed by atoms with van der Waals surface area (Å²) in [5, 5.41) is 5.93. The number of furan rings is 1. The molecule has 1 fully saturated rings. The summed E-state index contributed by atoms with van der Waals surface area (Å²) in [4.78, 5) is 26.4. The van der Waals surface area contributed by atoms with Crippen LogP contribution in [-0.2, 0) is 11.4 Å². The number of piperidine rings is 1. The van der Waals surface area contributed by atoms with Crippen molar-refractivity contribution in [3.63, 3.8) is 0 Å². The molecular weight excluding hydrogens is 450 g/mol. The number of benzene rings is 1. The normalized spacial score (nSPS) is 15.0. The maximum atomic E-state index is 12.5. The zero-order valence-electron chi connectivity index (χ0n) is 17.2. The molecule has 1 aromatic heterocycles. The number of rotatable bonds is 9. The van der Waals surface area contributed by atoms with Gasteiger partial charge in [-0.25, -0.2) is 0 Å². The lowest BCUT2D eigenvalue weighted by atomic mass is 10.0. The molecule has 0 aliphatic carbocycles. The van der Waals surface area contributed by atoms with Gasteiger partial charge in [0.25, 0.3) is 5.91 Å². The fourth-order valence-corrected chi connectivity index (χ4v) is 3.68. The molecule has 2 heterocycles. The van der Waals surface area contributed by atoms with Crippen molar-refractivity contribution in [1.82, 2.24) is 15.5 Å². The van der Waals surface area contributed by atoms with Gasteiger partial charge < -0.3 is 19.8 Å². The number of ether oxygens (including phenoxy) is 1. The van der Waals surface area contributed by atoms with Gasteiger partial charge in [0, 0.05) is 30.1 Å². The van der Waals surface area contributed by atoms with E-state index in [4.69, 9.17) is 9.15 Å². The van der Waals surface area contributed by atoms with Crippen LogP contribution in [0, 0.1) is 0 Å². The van der Waals surface area contributed by atoms with E-state index in [9.17, 15) is 9.59 Å². The van der Waals surface area contributed by atoms with Gasteiger partial charge >= 0.3 is 0 Å². The van der Waals surface area contributed by atoms with E-state index >= 15 is 0 Å². The Morgan fingerprint density at radius 3 is 2.77 bits per heavy atom. The maximum Gasteiger partial charge on any atom is 0.287 e. The molecule has 162 valence electrons. The summed E-state index contributed by atoms with van der Waals surface area (Å²) in [6, 6.07) is 11.1. The lowest BCUT2D eigenvalue weighted by Gasteiger charge is -2.31. The van der Waals surface area contributed by atoms with Crippen molar-refractivity contribution in [3.05, 3.63) is 52.4 Å². The highest BCUT2D eigenvalue weighted by molar-refractivity contribution is 9.10. The van der Waals surface area contributed by atoms with Crippen LogP contribution in [0.3, 0.4) is 0 Å². The van der Waals surface area contributed by atoms with Crippen molar-refractivity contribution in [1.29, 1.82) is 0 Å². The van der Waals surface area contributed by atoms with Gasteiger partial charge in [0.05, 0.1) is 6.54 Å². The van der Waals surface area contributed by atoms with Gasteiger partial charge in [-0.2, -0.15) is 0 Å². The predicted molar refractivity (Wildman–Crippen MR) is 117 cm³/mol. The molecule has 1 aromatic carbocycles. The van der Waals surface area contributed by atoms with Crippen molar-refractivity contribution in [2.45, 2.75) is 38.8 Å². The van der Waals surface area contributed by atoms with Crippen molar-refractivity contribution in [2.24, 2.45) is 0 Å². The number of hydrogen-bond acceptors (Lipinski definition) is 5. The summed E-state index contributed by atoms with van der Waals surface area (Å²) in [6.07, 6.45) is 2.56. The van der Waals surface area contributed by atoms with E-state index in [2.05, 4.69) is 31.5 Å². The molecule has 0 unspecified atom stereocenters. The standard InChI is InChI=1S/C22H28BrN3O4/c1-2-10-24-21(27)14-26-11-8-17(9-12-26)25-22(28)20-7-6-19(30-20)15-29-18-5-3-4-16(23)13-18/h3-7,13,17H,2,8-12,14-15H2,1H3,(H,24,27)(H,25,28). The number of carbonyl (C=O) groups excluding carboxylic acids is 2. The minimum atomic E-state index is -0.220. The lowest BCUT2D eigenvalue weighted by Crippen LogP contribution is -2.47. The second-order valence-electron chi connectivity index (χ2n) is 7.39. The molecule has 30 heavy (non-hydrogen) atoms. The molecule has 2 aromatic rings. The number of carbonyl (C=O) groups is 2. The van der Waals surface area contributed by atoms with Crippen molar-refractivity contribution in [2.75, 3.05) is 26.2 Å². The number of amides is 2. The van der Waals surface area contributed by atoms with Crippen LogP contribution < -0.4 is 15.4 Å². The minimum Gasteiger partial charge on any atom is -0.486 e. The lowest BCUT2D eigenvalue weighted by molar-refractivity contribution is -0.122. The second-order valence-corrected chi connectivity index (χ2v) is 8.30. The Hall–Kier alpha value is -2.32. The van der Waals surface area contributed by atoms with Gasteiger partial charge in [-0.3, -0.25) is 14.5 Å². The van der Waals surface area contributed by atoms with Crippen LogP contribution in [0.5, 0.6) is 5.75 Å². The molecule has 0 radical (unpaired) electrons. The van der Waals surface area contributed by atoms with Gasteiger partial charge in [-0.15, -0.1) is 0 Å². The van der Waals surface area contributed by atoms with E-state index in [1.807, 2.05) is 31.2 Å². The zero-order chi connectivity index (χ0) is 21.3. The van der Waals surface area contributed by atoms with Crippen LogP contribution in [0.25, 0.3) is 0 Å². The molecule has 2 N–H and O–H groups in total. The molecule has 0 spiro atoms. The summed E-state index contributed by atoms with van der Waals surface area (Å²) in [5.74, 6) is 1.44. The van der Waals surface area contributed by atoms with Crippen molar-refractivity contribution < 1.29 is 18.7 Å². The third kappa shape index (κ3) is 6.88. The van der Waals surface area contributed by atoms with Crippen LogP contribution in [0.1, 0.15) is 42.5 Å². The molecule has 0 saturated carbocycles. The monoisotopic (exact) mass is 477 g/mol. The van der Waals surface area contributed by atoms with Crippen molar-refractivity contribution in [3.8, 4) is 5.75 Å². The average Bonchev–Trinajstić information content (AvgIpc) is 3.21. The fraction of sp³-hybridized carbons (Fsp3) is 0.455. The molecule has 0 atom stereocenters. The van der Waals surface area contributed by atoms with E-state index in [0.29, 0.717) is 18.8 Å². The van der Waals surface area contributed by atoms with E-state index in [0.717, 1.165) is 42.6 Å². The molecular formula is C22H28BrN3O4. The van der Waals surface area contributed by atoms with Gasteiger partial charge in [0.1, 0.15) is 18.1 Å². The van der Waals surface area contributed by atoms with Crippen LogP contribution in [-0.4, -0.2) is 48.9 Å². The summed E-state index contributed by atoms with van der Waals surface area (Å²) >= 11 is 3.40. The average molecular weight is 478 g/mol. The summed E-state index contributed by atoms with van der Waals surface area (Å²) in [5.41, 5.74) is 0. The third-order valence-corrected chi connectivity index (χ3v) is 5.42. The number of halogens is 1. The minimum absolute atomic E-state index is 0.0625. The van der Waals surface area contributed by atoms with Gasteiger partial charge in [-0.05, 0) is 49.6 Å². The summed E-state index contributed by atoms with van der Waals surface area (Å²) in [7, 11) is 0. The Morgan fingerprint density at radius 1 is 1.23 bits per heavy atom. The first-order valence-corrected chi connectivity index (χ1v) is 11.1. The smallest absolute Gasteiger partial charge is 0.287 e. The molecule has 8 heteroatoms. The van der Waals surface area contributed by atoms with E-state index in [-0.39, 0.29) is 30.2 Å². The SMILES string of the molecule is CCCNC(=O)CN1CCC(NC(=O)c2ccc(COc3cccc(Br)c3)o2)CC1. The summed E-state index contributed by atoms with van der Waals surface area (Å²) < 4.78 is 12.3. The topological polar surface area (TPSA) is 83.8 Å². The highest BCUT2D eigenvalue weighted by atomic mass is 79.9. The van der Waals surface area contributed by atoms with Crippen LogP contribution in [0.15, 0.2) is 45.3 Å². The molecule has 7 nitrogen and oxygen atoms in total. The maximum absolute atomic E-state index is 12.5. The largest absolute Gasteiger partial charge is 0.486 e. The number of nitrogens with zero attached hydrogens (tertiary/aromatic N) is 1. The first-order valence-electron chi connectivity index (χ1n) is 10.3. The van der Waals surface area contributed by atoms with E-state index < -0.39 is 0 Å². The second kappa shape index (κ2) is 11.2. The van der Waals surface area contributed by atoms with E-state index in [1.165, 1.54) is 0 Å². The first kappa shape index (κ1) is 22.4. The van der Waals surface area contributed by atoms with E-state index in [1.54, 1.807) is 12.1 Å². The Balaban J connectivity index is 1.41. The molecule has 2 amide bonds. The Morgan fingerprint density at radius 2 is 2.03 bits per heavy atom. The van der Waals surface area contributed by atoms with Crippen LogP contribution >= 0.6 is 15.9 Å². The molecule has 0 bridgehead atoms. The predicted octanol–water partition coefficient (Wildman–Crippen LogP) is 3.34. The van der Waals surface area contributed by atoms with Crippen LogP contribution in [0.2, 0.25) is 0 Å². The first-order chi connectivity index (χ1) is 14.5. The van der Waals surface area contributed by atoms with Gasteiger partial charge in [-0.1, -0.05) is 28.9 Å². The molecule has 3 rings (SSSR count). The number of nitrogens with one attached hydrogen (secondary N) is 2. The Bertz CT molecular complexity index is 846. The van der Waals surface area contributed by atoms with Gasteiger partial charge in [0.15, 0.2) is 5.76 Å². The molecule has 1 saturated heterocycles. The Kier molecular flexibility index (Phi) is 8.33. The Labute approximate surface area is 185 Å².